The predicted octanol–water partition coefficient (Wildman–Crippen LogP) is 4.91. The number of aromatic nitrogens is 1. The molecule has 7 heteroatoms. The van der Waals surface area contributed by atoms with Crippen molar-refractivity contribution in [2.24, 2.45) is 5.92 Å². The number of rotatable bonds is 3. The highest BCUT2D eigenvalue weighted by molar-refractivity contribution is 6.30. The van der Waals surface area contributed by atoms with E-state index in [0.717, 1.165) is 30.8 Å². The van der Waals surface area contributed by atoms with E-state index < -0.39 is 0 Å². The number of fused-ring (bicyclic) bond motifs is 5. The molecule has 6 nitrogen and oxygen atoms in total. The molecule has 4 aromatic rings. The van der Waals surface area contributed by atoms with E-state index in [-0.39, 0.29) is 22.7 Å². The van der Waals surface area contributed by atoms with E-state index in [4.69, 9.17) is 16.0 Å². The molecule has 178 valence electrons. The van der Waals surface area contributed by atoms with Crippen LogP contribution in [0.5, 0.6) is 5.75 Å². The number of benzene rings is 2. The molecule has 2 atom stereocenters. The second-order valence-corrected chi connectivity index (χ2v) is 10.1. The van der Waals surface area contributed by atoms with Crippen LogP contribution >= 0.6 is 11.6 Å². The molecule has 0 spiro atoms. The fraction of sp³-hybridized carbons (Fsp3) is 0.286. The molecule has 1 N–H and O–H groups in total. The van der Waals surface area contributed by atoms with Crippen LogP contribution in [-0.2, 0) is 13.1 Å². The largest absolute Gasteiger partial charge is 0.507 e. The Balaban J connectivity index is 1.38. The Morgan fingerprint density at radius 1 is 1.03 bits per heavy atom. The number of nitrogens with zero attached hydrogens (tertiary/aromatic N) is 2. The van der Waals surface area contributed by atoms with Crippen LogP contribution in [-0.4, -0.2) is 27.7 Å². The number of piperidine rings is 1. The summed E-state index contributed by atoms with van der Waals surface area (Å²) >= 11 is 6.02. The molecule has 2 aromatic heterocycles. The topological polar surface area (TPSA) is 75.7 Å². The summed E-state index contributed by atoms with van der Waals surface area (Å²) in [5.41, 5.74) is 3.31. The minimum atomic E-state index is -0.129. The number of hydrogen-bond donors (Lipinski definition) is 1. The molecule has 35 heavy (non-hydrogen) atoms. The van der Waals surface area contributed by atoms with E-state index in [2.05, 4.69) is 4.90 Å². The molecule has 0 saturated carbocycles. The van der Waals surface area contributed by atoms with E-state index in [1.807, 2.05) is 28.8 Å². The van der Waals surface area contributed by atoms with Crippen LogP contribution in [0.1, 0.15) is 29.4 Å². The maximum atomic E-state index is 13.5. The van der Waals surface area contributed by atoms with Gasteiger partial charge in [-0.3, -0.25) is 14.5 Å². The zero-order valence-electron chi connectivity index (χ0n) is 19.3. The maximum Gasteiger partial charge on any atom is 0.250 e. The first-order valence-corrected chi connectivity index (χ1v) is 12.2. The van der Waals surface area contributed by atoms with Crippen molar-refractivity contribution >= 4 is 22.6 Å². The standard InChI is InChI=1S/C28H25ClN2O4/c1-16-26(18-5-7-20(29)8-6-18)27(34)21-9-10-24(32)22(28(21)35-16)15-30-12-17-11-19(14-30)23-3-2-4-25(33)31(23)13-17/h2-10,17,19,32H,11-15H2,1H3/t17-,19+/m1/s1. The molecule has 0 unspecified atom stereocenters. The van der Waals surface area contributed by atoms with Crippen LogP contribution in [0.2, 0.25) is 5.02 Å². The highest BCUT2D eigenvalue weighted by Crippen LogP contribution is 2.37. The monoisotopic (exact) mass is 488 g/mol. The van der Waals surface area contributed by atoms with Gasteiger partial charge in [-0.1, -0.05) is 29.8 Å². The Bertz CT molecular complexity index is 1570. The Kier molecular flexibility index (Phi) is 5.31. The maximum absolute atomic E-state index is 13.5. The van der Waals surface area contributed by atoms with Gasteiger partial charge in [-0.25, -0.2) is 0 Å². The first-order chi connectivity index (χ1) is 16.9. The van der Waals surface area contributed by atoms with E-state index in [9.17, 15) is 14.7 Å². The Morgan fingerprint density at radius 2 is 1.83 bits per heavy atom. The van der Waals surface area contributed by atoms with Crippen LogP contribution in [0, 0.1) is 12.8 Å². The van der Waals surface area contributed by atoms with Crippen LogP contribution in [0.3, 0.4) is 0 Å². The fourth-order valence-corrected chi connectivity index (χ4v) is 5.99. The first kappa shape index (κ1) is 22.1. The van der Waals surface area contributed by atoms with E-state index in [0.29, 0.717) is 51.9 Å². The number of phenolic OH excluding ortho intramolecular Hbond substituents is 1. The van der Waals surface area contributed by atoms with Gasteiger partial charge < -0.3 is 14.1 Å². The van der Waals surface area contributed by atoms with Crippen molar-refractivity contribution in [3.8, 4) is 16.9 Å². The molecule has 0 radical (unpaired) electrons. The molecule has 2 aromatic carbocycles. The normalized spacial score (nSPS) is 19.6. The Labute approximate surface area is 207 Å². The Hall–Kier alpha value is -3.35. The lowest BCUT2D eigenvalue weighted by atomic mass is 9.83. The van der Waals surface area contributed by atoms with Crippen molar-refractivity contribution in [3.05, 3.63) is 97.2 Å². The Morgan fingerprint density at radius 3 is 2.63 bits per heavy atom. The van der Waals surface area contributed by atoms with Crippen molar-refractivity contribution < 1.29 is 9.52 Å². The molecule has 1 fully saturated rings. The lowest BCUT2D eigenvalue weighted by Gasteiger charge is -2.42. The number of phenols is 1. The van der Waals surface area contributed by atoms with Gasteiger partial charge >= 0.3 is 0 Å². The molecule has 2 aliphatic heterocycles. The summed E-state index contributed by atoms with van der Waals surface area (Å²) in [6.07, 6.45) is 1.06. The van der Waals surface area contributed by atoms with Crippen molar-refractivity contribution in [3.63, 3.8) is 0 Å². The molecule has 0 amide bonds. The van der Waals surface area contributed by atoms with Gasteiger partial charge in [0.15, 0.2) is 0 Å². The average Bonchev–Trinajstić information content (AvgIpc) is 2.83. The lowest BCUT2D eigenvalue weighted by Crippen LogP contribution is -2.46. The molecule has 2 bridgehead atoms. The smallest absolute Gasteiger partial charge is 0.250 e. The molecule has 4 heterocycles. The first-order valence-electron chi connectivity index (χ1n) is 11.9. The summed E-state index contributed by atoms with van der Waals surface area (Å²) in [6, 6.07) is 15.8. The third kappa shape index (κ3) is 3.77. The zero-order valence-corrected chi connectivity index (χ0v) is 20.1. The van der Waals surface area contributed by atoms with Crippen LogP contribution in [0.15, 0.2) is 68.6 Å². The summed E-state index contributed by atoms with van der Waals surface area (Å²) in [5, 5.41) is 11.8. The average molecular weight is 489 g/mol. The summed E-state index contributed by atoms with van der Waals surface area (Å²) in [6.45, 7) is 4.55. The predicted molar refractivity (Wildman–Crippen MR) is 136 cm³/mol. The molecule has 6 rings (SSSR count). The van der Waals surface area contributed by atoms with Crippen molar-refractivity contribution in [1.29, 1.82) is 0 Å². The van der Waals surface area contributed by atoms with E-state index >= 15 is 0 Å². The SMILES string of the molecule is Cc1oc2c(CN3C[C@H]4C[C@@H](C3)c3cccc(=O)n3C4)c(O)ccc2c(=O)c1-c1ccc(Cl)cc1. The van der Waals surface area contributed by atoms with E-state index in [1.54, 1.807) is 37.3 Å². The summed E-state index contributed by atoms with van der Waals surface area (Å²) in [4.78, 5) is 28.1. The minimum absolute atomic E-state index is 0.0612. The van der Waals surface area contributed by atoms with Gasteiger partial charge in [0.05, 0.1) is 16.5 Å². The second kappa shape index (κ2) is 8.40. The van der Waals surface area contributed by atoms with Crippen molar-refractivity contribution in [1.82, 2.24) is 9.47 Å². The molecule has 0 aliphatic carbocycles. The highest BCUT2D eigenvalue weighted by atomic mass is 35.5. The number of halogens is 1. The number of aryl methyl sites for hydroxylation is 1. The number of hydrogen-bond acceptors (Lipinski definition) is 5. The van der Waals surface area contributed by atoms with Crippen LogP contribution < -0.4 is 11.0 Å². The zero-order chi connectivity index (χ0) is 24.3. The summed E-state index contributed by atoms with van der Waals surface area (Å²) in [7, 11) is 0. The quantitative estimate of drug-likeness (QED) is 0.443. The molecular formula is C28H25ClN2O4. The number of likely N-dealkylation sites (tertiary alicyclic amines) is 1. The van der Waals surface area contributed by atoms with Gasteiger partial charge in [0.2, 0.25) is 5.43 Å². The van der Waals surface area contributed by atoms with E-state index in [1.165, 1.54) is 0 Å². The van der Waals surface area contributed by atoms with Gasteiger partial charge in [0.1, 0.15) is 17.1 Å². The lowest BCUT2D eigenvalue weighted by molar-refractivity contribution is 0.113. The molecular weight excluding hydrogens is 464 g/mol. The summed E-state index contributed by atoms with van der Waals surface area (Å²) in [5.74, 6) is 1.25. The number of aromatic hydroxyl groups is 1. The molecule has 2 aliphatic rings. The van der Waals surface area contributed by atoms with Crippen molar-refractivity contribution in [2.45, 2.75) is 32.4 Å². The fourth-order valence-electron chi connectivity index (χ4n) is 5.86. The number of pyridine rings is 1. The van der Waals surface area contributed by atoms with Gasteiger partial charge in [-0.2, -0.15) is 0 Å². The van der Waals surface area contributed by atoms with Crippen LogP contribution in [0.4, 0.5) is 0 Å². The molecule has 1 saturated heterocycles. The van der Waals surface area contributed by atoms with Gasteiger partial charge in [-0.05, 0) is 55.2 Å². The highest BCUT2D eigenvalue weighted by Gasteiger charge is 2.35. The second-order valence-electron chi connectivity index (χ2n) is 9.70. The van der Waals surface area contributed by atoms with Gasteiger partial charge in [-0.15, -0.1) is 0 Å². The van der Waals surface area contributed by atoms with Gasteiger partial charge in [0, 0.05) is 48.9 Å². The van der Waals surface area contributed by atoms with Crippen molar-refractivity contribution in [2.75, 3.05) is 13.1 Å². The third-order valence-electron chi connectivity index (χ3n) is 7.38. The third-order valence-corrected chi connectivity index (χ3v) is 7.64. The summed E-state index contributed by atoms with van der Waals surface area (Å²) < 4.78 is 8.12. The van der Waals surface area contributed by atoms with Crippen LogP contribution in [0.25, 0.3) is 22.1 Å². The van der Waals surface area contributed by atoms with Gasteiger partial charge in [0.25, 0.3) is 5.56 Å². The minimum Gasteiger partial charge on any atom is -0.507 e.